The van der Waals surface area contributed by atoms with Gasteiger partial charge >= 0.3 is 24.1 Å². The van der Waals surface area contributed by atoms with E-state index in [4.69, 9.17) is 37.3 Å². The molecule has 0 spiro atoms. The zero-order valence-corrected chi connectivity index (χ0v) is 61.6. The number of aliphatic hydroxyl groups excluding tert-OH is 1. The Morgan fingerprint density at radius 3 is 1.29 bits per heavy atom. The fraction of sp³-hybridized carbons (Fsp3) is 0.642. The molecule has 0 bridgehead atoms. The Hall–Kier alpha value is -5.57. The van der Waals surface area contributed by atoms with Gasteiger partial charge in [-0.2, -0.15) is 0 Å². The van der Waals surface area contributed by atoms with E-state index < -0.39 is 106 Å². The highest BCUT2D eigenvalue weighted by Gasteiger charge is 2.61. The number of thiazole rings is 2. The number of methoxy groups -OCH3 is 2. The molecule has 0 saturated carbocycles. The molecule has 4 aromatic rings. The van der Waals surface area contributed by atoms with Gasteiger partial charge in [-0.3, -0.25) is 14.4 Å². The highest BCUT2D eigenvalue weighted by atomic mass is 32.1. The third-order valence-electron chi connectivity index (χ3n) is 17.3. The fourth-order valence-corrected chi connectivity index (χ4v) is 14.3. The van der Waals surface area contributed by atoms with Gasteiger partial charge in [-0.15, -0.1) is 22.7 Å². The minimum absolute atomic E-state index is 0.0118. The molecule has 1 N–H and O–H groups in total. The van der Waals surface area contributed by atoms with E-state index in [-0.39, 0.29) is 58.8 Å². The van der Waals surface area contributed by atoms with Crippen molar-refractivity contribution in [2.24, 2.45) is 23.7 Å². The summed E-state index contributed by atoms with van der Waals surface area (Å²) in [6.45, 7) is 45.6. The zero-order chi connectivity index (χ0) is 68.2. The first-order valence-electron chi connectivity index (χ1n) is 30.8. The molecule has 2 amide bonds. The van der Waals surface area contributed by atoms with Gasteiger partial charge in [0, 0.05) is 71.9 Å². The lowest BCUT2D eigenvalue weighted by Crippen LogP contribution is -2.49. The number of carbonyl (C=O) groups excluding carboxylic acids is 6. The number of esters is 3. The third kappa shape index (κ3) is 17.8. The minimum Gasteiger partial charge on any atom is -0.496 e. The summed E-state index contributed by atoms with van der Waals surface area (Å²) in [5, 5.41) is 15.2. The first-order chi connectivity index (χ1) is 41.3. The van der Waals surface area contributed by atoms with Crippen molar-refractivity contribution in [2.75, 3.05) is 40.6 Å². The maximum Gasteiger partial charge on any atom is 0.516 e. The predicted molar refractivity (Wildman–Crippen MR) is 355 cm³/mol. The van der Waals surface area contributed by atoms with E-state index in [1.807, 2.05) is 59.1 Å². The average molecular weight is 1320 g/mol. The lowest BCUT2D eigenvalue weighted by Gasteiger charge is -2.38. The van der Waals surface area contributed by atoms with Crippen LogP contribution < -0.4 is 9.47 Å². The van der Waals surface area contributed by atoms with Crippen molar-refractivity contribution in [3.05, 3.63) is 91.8 Å². The number of nitrogens with zero attached hydrogens (tertiary/aromatic N) is 4. The van der Waals surface area contributed by atoms with Gasteiger partial charge in [-0.25, -0.2) is 24.4 Å². The Kier molecular flexibility index (Phi) is 24.0. The molecule has 2 aliphatic rings. The summed E-state index contributed by atoms with van der Waals surface area (Å²) in [5.41, 5.74) is 0.304. The molecule has 0 unspecified atom stereocenters. The van der Waals surface area contributed by atoms with Gasteiger partial charge in [-0.05, 0) is 131 Å². The summed E-state index contributed by atoms with van der Waals surface area (Å²) in [5.74, 6) is -5.18. The fourth-order valence-electron chi connectivity index (χ4n) is 10.7. The van der Waals surface area contributed by atoms with Gasteiger partial charge in [0.25, 0.3) is 11.8 Å². The molecular weight excluding hydrogens is 1220 g/mol. The Morgan fingerprint density at radius 2 is 0.944 bits per heavy atom. The number of rotatable bonds is 17. The number of amides is 2. The number of hydrogen-bond donors (Lipinski definition) is 1. The molecule has 4 heterocycles. The first kappa shape index (κ1) is 75.2. The Bertz CT molecular complexity index is 3130. The van der Waals surface area contributed by atoms with Crippen molar-refractivity contribution >= 4 is 75.2 Å². The quantitative estimate of drug-likeness (QED) is 0.0448. The second kappa shape index (κ2) is 28.7. The van der Waals surface area contributed by atoms with Crippen LogP contribution in [0.3, 0.4) is 0 Å². The Balaban J connectivity index is 0.000000330. The van der Waals surface area contributed by atoms with Crippen LogP contribution in [0.25, 0.3) is 0 Å². The van der Waals surface area contributed by atoms with E-state index in [1.54, 1.807) is 81.7 Å². The van der Waals surface area contributed by atoms with Gasteiger partial charge in [0.1, 0.15) is 44.8 Å². The number of aromatic nitrogens is 2. The van der Waals surface area contributed by atoms with E-state index in [1.165, 1.54) is 34.7 Å². The van der Waals surface area contributed by atoms with E-state index >= 15 is 0 Å². The molecule has 2 aliphatic heterocycles. The highest BCUT2D eigenvalue weighted by Crippen LogP contribution is 2.51. The number of likely N-dealkylation sites (tertiary alicyclic amines) is 2. The second-order valence-corrected chi connectivity index (χ2v) is 41.8. The van der Waals surface area contributed by atoms with Crippen molar-refractivity contribution in [2.45, 2.75) is 214 Å². The molecule has 19 nitrogen and oxygen atoms in total. The SMILES string of the molecule is CCOC(=O)OC(=O)[C@H]1[C@H](CO[Si](C)(C)C(C)(C)C)[C@@H](C(=O)OC(C)(C)C)N(C(=O)c2ccc(C(C)(C)C)c(OC)c2)[C@H]1c1nccs1.COc1cc(C(=O)N2[C@H](C(=O)OC(C)(C)C)[C@@H](CO[Si](C)(C)C(C)(C)C)[C@H](CO)[C@@H]2c2nccs2)ccc1C(C)(C)C. The molecule has 2 saturated heterocycles. The van der Waals surface area contributed by atoms with Gasteiger partial charge in [0.2, 0.25) is 0 Å². The molecule has 6 rings (SSSR count). The van der Waals surface area contributed by atoms with Gasteiger partial charge in [-0.1, -0.05) is 95.2 Å². The molecule has 8 atom stereocenters. The summed E-state index contributed by atoms with van der Waals surface area (Å²) in [7, 11) is -1.57. The summed E-state index contributed by atoms with van der Waals surface area (Å²) in [4.78, 5) is 96.3. The van der Waals surface area contributed by atoms with Crippen molar-refractivity contribution in [1.29, 1.82) is 0 Å². The first-order valence-corrected chi connectivity index (χ1v) is 38.4. The van der Waals surface area contributed by atoms with Crippen LogP contribution in [0.15, 0.2) is 59.6 Å². The van der Waals surface area contributed by atoms with Crippen LogP contribution in [0.4, 0.5) is 4.79 Å². The van der Waals surface area contributed by atoms with Gasteiger partial charge in [0.15, 0.2) is 16.6 Å². The van der Waals surface area contributed by atoms with Crippen LogP contribution in [0.2, 0.25) is 36.3 Å². The third-order valence-corrected chi connectivity index (χ3v) is 28.0. The Labute approximate surface area is 544 Å². The average Bonchev–Trinajstić information content (AvgIpc) is 1.59. The maximum absolute atomic E-state index is 14.8. The van der Waals surface area contributed by atoms with Crippen LogP contribution in [0.1, 0.15) is 185 Å². The lowest BCUT2D eigenvalue weighted by molar-refractivity contribution is -0.162. The van der Waals surface area contributed by atoms with E-state index in [0.29, 0.717) is 27.1 Å². The molecule has 2 aromatic carbocycles. The lowest BCUT2D eigenvalue weighted by atomic mass is 9.85. The minimum atomic E-state index is -2.46. The Morgan fingerprint density at radius 1 is 0.556 bits per heavy atom. The molecule has 90 heavy (non-hydrogen) atoms. The number of ether oxygens (including phenoxy) is 6. The molecule has 2 aromatic heterocycles. The molecular formula is C67H102N4O15S2Si2. The summed E-state index contributed by atoms with van der Waals surface area (Å²) < 4.78 is 46.7. The van der Waals surface area contributed by atoms with Crippen LogP contribution >= 0.6 is 22.7 Å². The number of benzene rings is 2. The van der Waals surface area contributed by atoms with E-state index in [9.17, 15) is 33.9 Å². The maximum atomic E-state index is 14.8. The highest BCUT2D eigenvalue weighted by molar-refractivity contribution is 7.09. The van der Waals surface area contributed by atoms with Crippen molar-refractivity contribution in [1.82, 2.24) is 19.8 Å². The van der Waals surface area contributed by atoms with Gasteiger partial charge in [0.05, 0.1) is 38.8 Å². The normalized spacial score (nSPS) is 21.0. The van der Waals surface area contributed by atoms with Crippen LogP contribution in [-0.4, -0.2) is 141 Å². The predicted octanol–water partition coefficient (Wildman–Crippen LogP) is 13.9. The van der Waals surface area contributed by atoms with Crippen molar-refractivity contribution < 1.29 is 71.1 Å². The monoisotopic (exact) mass is 1320 g/mol. The van der Waals surface area contributed by atoms with Crippen LogP contribution in [-0.2, 0) is 53.0 Å². The topological polar surface area (TPSA) is 229 Å². The van der Waals surface area contributed by atoms with Crippen molar-refractivity contribution in [3.63, 3.8) is 0 Å². The molecule has 0 aliphatic carbocycles. The summed E-state index contributed by atoms with van der Waals surface area (Å²) in [6, 6.07) is 6.55. The van der Waals surface area contributed by atoms with Crippen molar-refractivity contribution in [3.8, 4) is 11.5 Å². The van der Waals surface area contributed by atoms with Crippen LogP contribution in [0.5, 0.6) is 11.5 Å². The largest absolute Gasteiger partial charge is 0.516 e. The molecule has 500 valence electrons. The standard InChI is InChI=1S/C35H52N2O9SSi.C32H50N2O6SSi/c1-14-43-32(41)45-30(39)25-22(20-44-48(12,13)35(8,9)10)26(31(40)46-34(5,6)7)37(27(25)28-36-17-18-47-28)29(38)21-15-16-23(33(2,3)4)24(19-21)42-11;1-30(2,3)23-14-13-20(17-24(23)38-10)28(36)34-25(27-33-15-16-41-27)21(18-35)22(19-39-42(11,12)32(7,8)9)26(34)29(37)40-31(4,5)6/h15-19,22,25-27H,14,20H2,1-13H3;13-17,21-22,25-26,35H,18-19H2,1-12H3/t22-,25-,26-,27+;21-,22-,25+,26-/m00/s1. The molecule has 0 radical (unpaired) electrons. The van der Waals surface area contributed by atoms with E-state index in [2.05, 4.69) is 98.5 Å². The van der Waals surface area contributed by atoms with Crippen LogP contribution in [0, 0.1) is 23.7 Å². The second-order valence-electron chi connectivity index (χ2n) is 30.3. The number of hydrogen-bond acceptors (Lipinski definition) is 19. The molecule has 2 fully saturated rings. The number of carbonyl (C=O) groups is 6. The smallest absolute Gasteiger partial charge is 0.496 e. The summed E-state index contributed by atoms with van der Waals surface area (Å²) >= 11 is 2.62. The molecule has 23 heteroatoms. The number of aliphatic hydroxyl groups is 1. The van der Waals surface area contributed by atoms with E-state index in [0.717, 1.165) is 11.1 Å². The zero-order valence-electron chi connectivity index (χ0n) is 58.0. The van der Waals surface area contributed by atoms with Gasteiger partial charge < -0.3 is 52.2 Å². The summed E-state index contributed by atoms with van der Waals surface area (Å²) in [6.07, 6.45) is 2.06.